The molecule has 0 radical (unpaired) electrons. The molecule has 0 spiro atoms. The fourth-order valence-corrected chi connectivity index (χ4v) is 2.84. The van der Waals surface area contributed by atoms with Crippen molar-refractivity contribution >= 4 is 29.3 Å². The second-order valence-electron chi connectivity index (χ2n) is 5.69. The molecular weight excluding hydrogens is 399 g/mol. The Balaban J connectivity index is 1.45. The van der Waals surface area contributed by atoms with Gasteiger partial charge in [0.1, 0.15) is 11.6 Å². The fraction of sp³-hybridized carbons (Fsp3) is 0.158. The van der Waals surface area contributed by atoms with E-state index in [1.54, 1.807) is 37.4 Å². The van der Waals surface area contributed by atoms with Gasteiger partial charge in [0, 0.05) is 5.69 Å². The van der Waals surface area contributed by atoms with Gasteiger partial charge in [0.25, 0.3) is 11.1 Å². The number of aromatic nitrogens is 2. The summed E-state index contributed by atoms with van der Waals surface area (Å²) in [6.45, 7) is -0.0568. The maximum absolute atomic E-state index is 13.6. The molecule has 0 aliphatic carbocycles. The van der Waals surface area contributed by atoms with Crippen molar-refractivity contribution in [1.82, 2.24) is 15.5 Å². The van der Waals surface area contributed by atoms with Crippen molar-refractivity contribution < 1.29 is 23.1 Å². The molecule has 2 amide bonds. The summed E-state index contributed by atoms with van der Waals surface area (Å²) in [4.78, 5) is 24.0. The molecule has 3 aromatic rings. The van der Waals surface area contributed by atoms with Crippen LogP contribution in [0.5, 0.6) is 5.75 Å². The molecule has 29 heavy (non-hydrogen) atoms. The number of carbonyl (C=O) groups excluding carboxylic acids is 2. The summed E-state index contributed by atoms with van der Waals surface area (Å²) in [6.07, 6.45) is 0. The van der Waals surface area contributed by atoms with Gasteiger partial charge in [-0.25, -0.2) is 4.39 Å². The Morgan fingerprint density at radius 2 is 1.90 bits per heavy atom. The van der Waals surface area contributed by atoms with Gasteiger partial charge < -0.3 is 19.8 Å². The van der Waals surface area contributed by atoms with Crippen LogP contribution in [-0.2, 0) is 11.3 Å². The molecular formula is C19H17FN4O4S. The predicted molar refractivity (Wildman–Crippen MR) is 104 cm³/mol. The lowest BCUT2D eigenvalue weighted by atomic mass is 10.2. The minimum absolute atomic E-state index is 0.0568. The zero-order chi connectivity index (χ0) is 20.6. The van der Waals surface area contributed by atoms with Crippen LogP contribution >= 0.6 is 11.8 Å². The highest BCUT2D eigenvalue weighted by atomic mass is 32.2. The summed E-state index contributed by atoms with van der Waals surface area (Å²) >= 11 is 1.06. The number of rotatable bonds is 8. The fourth-order valence-electron chi connectivity index (χ4n) is 2.26. The van der Waals surface area contributed by atoms with Crippen LogP contribution in [0.15, 0.2) is 58.2 Å². The highest BCUT2D eigenvalue weighted by Gasteiger charge is 2.13. The van der Waals surface area contributed by atoms with E-state index < -0.39 is 11.7 Å². The molecule has 0 saturated heterocycles. The smallest absolute Gasteiger partial charge is 0.277 e. The van der Waals surface area contributed by atoms with E-state index in [4.69, 9.17) is 9.15 Å². The van der Waals surface area contributed by atoms with Crippen LogP contribution in [0, 0.1) is 5.82 Å². The second kappa shape index (κ2) is 9.69. The van der Waals surface area contributed by atoms with Gasteiger partial charge in [-0.1, -0.05) is 23.9 Å². The third kappa shape index (κ3) is 5.79. The van der Waals surface area contributed by atoms with E-state index in [1.165, 1.54) is 18.2 Å². The van der Waals surface area contributed by atoms with Crippen molar-refractivity contribution in [1.29, 1.82) is 0 Å². The number of amides is 2. The molecule has 0 unspecified atom stereocenters. The van der Waals surface area contributed by atoms with Crippen LogP contribution in [0.25, 0.3) is 0 Å². The third-order valence-corrected chi connectivity index (χ3v) is 4.49. The van der Waals surface area contributed by atoms with Crippen molar-refractivity contribution in [3.05, 3.63) is 65.8 Å². The van der Waals surface area contributed by atoms with Gasteiger partial charge in [-0.05, 0) is 36.4 Å². The molecule has 1 aromatic heterocycles. The molecule has 0 atom stereocenters. The summed E-state index contributed by atoms with van der Waals surface area (Å²) in [7, 11) is 1.56. The van der Waals surface area contributed by atoms with E-state index in [0.717, 1.165) is 11.8 Å². The topological polar surface area (TPSA) is 106 Å². The van der Waals surface area contributed by atoms with Gasteiger partial charge in [-0.15, -0.1) is 10.2 Å². The number of hydrogen-bond acceptors (Lipinski definition) is 7. The molecule has 2 aromatic carbocycles. The van der Waals surface area contributed by atoms with Crippen molar-refractivity contribution in [2.45, 2.75) is 11.8 Å². The van der Waals surface area contributed by atoms with Crippen LogP contribution in [0.3, 0.4) is 0 Å². The van der Waals surface area contributed by atoms with Crippen molar-refractivity contribution in [2.24, 2.45) is 0 Å². The van der Waals surface area contributed by atoms with Crippen molar-refractivity contribution in [2.75, 3.05) is 18.2 Å². The first kappa shape index (κ1) is 20.3. The van der Waals surface area contributed by atoms with Gasteiger partial charge >= 0.3 is 0 Å². The quantitative estimate of drug-likeness (QED) is 0.544. The van der Waals surface area contributed by atoms with Crippen molar-refractivity contribution in [3.63, 3.8) is 0 Å². The molecule has 0 saturated carbocycles. The summed E-state index contributed by atoms with van der Waals surface area (Å²) < 4.78 is 24.0. The van der Waals surface area contributed by atoms with Gasteiger partial charge in [0.2, 0.25) is 11.8 Å². The minimum Gasteiger partial charge on any atom is -0.497 e. The molecule has 0 aliphatic heterocycles. The van der Waals surface area contributed by atoms with Gasteiger partial charge in [0.05, 0.1) is 25.0 Å². The molecule has 10 heteroatoms. The first-order chi connectivity index (χ1) is 14.0. The lowest BCUT2D eigenvalue weighted by Crippen LogP contribution is -2.23. The van der Waals surface area contributed by atoms with Gasteiger partial charge in [-0.3, -0.25) is 9.59 Å². The number of carbonyl (C=O) groups is 2. The Kier molecular flexibility index (Phi) is 6.80. The summed E-state index contributed by atoms with van der Waals surface area (Å²) in [5, 5.41) is 13.0. The SMILES string of the molecule is COc1ccc(NC(=O)CSc2nnc(CNC(=O)c3ccccc3F)o2)cc1. The first-order valence-electron chi connectivity index (χ1n) is 8.47. The Labute approximate surface area is 169 Å². The number of ether oxygens (including phenoxy) is 1. The van der Waals surface area contributed by atoms with E-state index in [9.17, 15) is 14.0 Å². The van der Waals surface area contributed by atoms with Crippen LogP contribution < -0.4 is 15.4 Å². The van der Waals surface area contributed by atoms with Crippen LogP contribution in [0.1, 0.15) is 16.2 Å². The van der Waals surface area contributed by atoms with E-state index in [-0.39, 0.29) is 34.9 Å². The normalized spacial score (nSPS) is 10.4. The standard InChI is InChI=1S/C19H17FN4O4S/c1-27-13-8-6-12(7-9-13)22-16(25)11-29-19-24-23-17(28-19)10-21-18(26)14-4-2-3-5-15(14)20/h2-9H,10-11H2,1H3,(H,21,26)(H,22,25). The highest BCUT2D eigenvalue weighted by molar-refractivity contribution is 7.99. The largest absolute Gasteiger partial charge is 0.497 e. The molecule has 1 heterocycles. The molecule has 0 bridgehead atoms. The zero-order valence-corrected chi connectivity index (χ0v) is 16.2. The molecule has 0 aliphatic rings. The number of anilines is 1. The number of nitrogens with one attached hydrogen (secondary N) is 2. The number of thioether (sulfide) groups is 1. The zero-order valence-electron chi connectivity index (χ0n) is 15.3. The number of benzene rings is 2. The lowest BCUT2D eigenvalue weighted by molar-refractivity contribution is -0.113. The third-order valence-electron chi connectivity index (χ3n) is 3.67. The minimum atomic E-state index is -0.616. The Bertz CT molecular complexity index is 994. The van der Waals surface area contributed by atoms with E-state index in [1.807, 2.05) is 0 Å². The monoisotopic (exact) mass is 416 g/mol. The van der Waals surface area contributed by atoms with E-state index in [2.05, 4.69) is 20.8 Å². The summed E-state index contributed by atoms with van der Waals surface area (Å²) in [5.74, 6) is -0.544. The van der Waals surface area contributed by atoms with E-state index >= 15 is 0 Å². The van der Waals surface area contributed by atoms with Crippen molar-refractivity contribution in [3.8, 4) is 5.75 Å². The molecule has 3 rings (SSSR count). The van der Waals surface area contributed by atoms with Crippen LogP contribution in [-0.4, -0.2) is 34.9 Å². The Hall–Kier alpha value is -3.40. The summed E-state index contributed by atoms with van der Waals surface area (Å²) in [5.41, 5.74) is 0.565. The van der Waals surface area contributed by atoms with Crippen LogP contribution in [0.2, 0.25) is 0 Å². The number of hydrogen-bond donors (Lipinski definition) is 2. The van der Waals surface area contributed by atoms with Gasteiger partial charge in [-0.2, -0.15) is 0 Å². The average Bonchev–Trinajstić information content (AvgIpc) is 3.19. The molecule has 0 fully saturated rings. The molecule has 150 valence electrons. The maximum atomic E-state index is 13.6. The summed E-state index contributed by atoms with van der Waals surface area (Å²) in [6, 6.07) is 12.6. The first-order valence-corrected chi connectivity index (χ1v) is 9.45. The highest BCUT2D eigenvalue weighted by Crippen LogP contribution is 2.18. The van der Waals surface area contributed by atoms with E-state index in [0.29, 0.717) is 11.4 Å². The Morgan fingerprint density at radius 1 is 1.14 bits per heavy atom. The number of halogens is 1. The van der Waals surface area contributed by atoms with Crippen LogP contribution in [0.4, 0.5) is 10.1 Å². The number of nitrogens with zero attached hydrogens (tertiary/aromatic N) is 2. The Morgan fingerprint density at radius 3 is 2.62 bits per heavy atom. The molecule has 8 nitrogen and oxygen atoms in total. The number of methoxy groups -OCH3 is 1. The lowest BCUT2D eigenvalue weighted by Gasteiger charge is -2.05. The second-order valence-corrected chi connectivity index (χ2v) is 6.62. The maximum Gasteiger partial charge on any atom is 0.277 e. The van der Waals surface area contributed by atoms with Gasteiger partial charge in [0.15, 0.2) is 0 Å². The molecule has 2 N–H and O–H groups in total. The average molecular weight is 416 g/mol. The predicted octanol–water partition coefficient (Wildman–Crippen LogP) is 2.88.